The molecular weight excluding hydrogens is 360 g/mol. The average molecular weight is 374 g/mol. The number of hydrogen-bond acceptors (Lipinski definition) is 3. The van der Waals surface area contributed by atoms with Gasteiger partial charge in [0.2, 0.25) is 0 Å². The van der Waals surface area contributed by atoms with Crippen molar-refractivity contribution in [3.63, 3.8) is 0 Å². The number of hydrogen-bond donors (Lipinski definition) is 1. The first-order valence-electron chi connectivity index (χ1n) is 5.96. The van der Waals surface area contributed by atoms with Crippen molar-refractivity contribution in [3.05, 3.63) is 49.6 Å². The molecule has 0 aliphatic heterocycles. The van der Waals surface area contributed by atoms with E-state index >= 15 is 0 Å². The smallest absolute Gasteiger partial charge is 0.253 e. The van der Waals surface area contributed by atoms with Crippen LogP contribution in [0.3, 0.4) is 0 Å². The van der Waals surface area contributed by atoms with Crippen LogP contribution in [0.1, 0.15) is 15.2 Å². The maximum Gasteiger partial charge on any atom is 0.253 e. The van der Waals surface area contributed by atoms with Crippen LogP contribution >= 0.6 is 38.9 Å². The van der Waals surface area contributed by atoms with Gasteiger partial charge in [-0.1, -0.05) is 17.7 Å². The predicted molar refractivity (Wildman–Crippen MR) is 88.8 cm³/mol. The van der Waals surface area contributed by atoms with Gasteiger partial charge in [0, 0.05) is 41.2 Å². The van der Waals surface area contributed by atoms with Gasteiger partial charge in [0.1, 0.15) is 4.34 Å². The summed E-state index contributed by atoms with van der Waals surface area (Å²) >= 11 is 10.9. The largest absolute Gasteiger partial charge is 0.380 e. The molecule has 106 valence electrons. The van der Waals surface area contributed by atoms with E-state index in [1.165, 1.54) is 11.3 Å². The maximum absolute atomic E-state index is 11.9. The molecule has 0 aliphatic carbocycles. The van der Waals surface area contributed by atoms with E-state index in [4.69, 9.17) is 11.6 Å². The van der Waals surface area contributed by atoms with Crippen molar-refractivity contribution in [1.82, 2.24) is 4.90 Å². The second kappa shape index (κ2) is 6.61. The molecule has 0 saturated carbocycles. The normalized spacial score (nSPS) is 10.4. The minimum atomic E-state index is -0.00411. The van der Waals surface area contributed by atoms with Gasteiger partial charge in [-0.15, -0.1) is 11.3 Å². The summed E-state index contributed by atoms with van der Waals surface area (Å²) in [7, 11) is 3.49. The Morgan fingerprint density at radius 1 is 1.40 bits per heavy atom. The minimum Gasteiger partial charge on any atom is -0.380 e. The lowest BCUT2D eigenvalue weighted by molar-refractivity contribution is 0.0827. The Balaban J connectivity index is 2.06. The molecule has 0 atom stereocenters. The first kappa shape index (κ1) is 15.4. The van der Waals surface area contributed by atoms with E-state index in [1.54, 1.807) is 19.0 Å². The molecule has 1 heterocycles. The summed E-state index contributed by atoms with van der Waals surface area (Å²) in [6, 6.07) is 9.47. The van der Waals surface area contributed by atoms with Crippen LogP contribution in [0.25, 0.3) is 0 Å². The molecule has 0 aliphatic rings. The lowest BCUT2D eigenvalue weighted by Gasteiger charge is -2.11. The molecule has 1 aromatic carbocycles. The summed E-state index contributed by atoms with van der Waals surface area (Å²) in [5, 5.41) is 3.30. The quantitative estimate of drug-likeness (QED) is 0.857. The van der Waals surface area contributed by atoms with Gasteiger partial charge in [-0.05, 0) is 40.2 Å². The fourth-order valence-corrected chi connectivity index (χ4v) is 3.42. The van der Waals surface area contributed by atoms with Crippen LogP contribution in [0.4, 0.5) is 5.69 Å². The fraction of sp³-hybridized carbons (Fsp3) is 0.214. The molecule has 0 unspecified atom stereocenters. The molecule has 0 fully saturated rings. The number of nitrogens with one attached hydrogen (secondary N) is 1. The van der Waals surface area contributed by atoms with Crippen LogP contribution in [0.15, 0.2) is 34.8 Å². The highest BCUT2D eigenvalue weighted by Crippen LogP contribution is 2.32. The van der Waals surface area contributed by atoms with Gasteiger partial charge in [-0.2, -0.15) is 0 Å². The van der Waals surface area contributed by atoms with Gasteiger partial charge in [-0.3, -0.25) is 4.79 Å². The van der Waals surface area contributed by atoms with E-state index in [0.29, 0.717) is 12.1 Å². The Kier molecular flexibility index (Phi) is 5.07. The monoisotopic (exact) mass is 372 g/mol. The molecule has 0 saturated heterocycles. The third-order valence-corrected chi connectivity index (χ3v) is 5.15. The van der Waals surface area contributed by atoms with Crippen molar-refractivity contribution in [1.29, 1.82) is 0 Å². The second-order valence-corrected chi connectivity index (χ2v) is 7.06. The number of nitrogens with zero attached hydrogens (tertiary/aromatic N) is 1. The molecule has 1 amide bonds. The summed E-state index contributed by atoms with van der Waals surface area (Å²) in [4.78, 5) is 14.6. The Hall–Kier alpha value is -1.04. The van der Waals surface area contributed by atoms with Gasteiger partial charge in [0.25, 0.3) is 5.91 Å². The number of amides is 1. The number of thiophene rings is 1. The van der Waals surface area contributed by atoms with Crippen molar-refractivity contribution in [2.45, 2.75) is 6.54 Å². The van der Waals surface area contributed by atoms with E-state index < -0.39 is 0 Å². The Morgan fingerprint density at radius 3 is 2.75 bits per heavy atom. The third kappa shape index (κ3) is 3.75. The Labute approximate surface area is 135 Å². The van der Waals surface area contributed by atoms with Crippen LogP contribution in [-0.4, -0.2) is 24.9 Å². The number of halogens is 2. The number of carbonyl (C=O) groups is 1. The van der Waals surface area contributed by atoms with E-state index in [1.807, 2.05) is 30.3 Å². The highest BCUT2D eigenvalue weighted by Gasteiger charge is 2.08. The van der Waals surface area contributed by atoms with Crippen LogP contribution < -0.4 is 5.32 Å². The number of carbonyl (C=O) groups excluding carboxylic acids is 1. The van der Waals surface area contributed by atoms with Gasteiger partial charge in [0.15, 0.2) is 0 Å². The topological polar surface area (TPSA) is 32.3 Å². The van der Waals surface area contributed by atoms with Crippen LogP contribution in [0, 0.1) is 0 Å². The van der Waals surface area contributed by atoms with Crippen molar-refractivity contribution in [3.8, 4) is 0 Å². The standard InChI is InChI=1S/C14H14BrClN2OS/c1-18(2)14(19)9-4-3-5-10(6-9)17-8-11-7-12(15)13(16)20-11/h3-7,17H,8H2,1-2H3. The number of rotatable bonds is 4. The highest BCUT2D eigenvalue weighted by molar-refractivity contribution is 9.10. The van der Waals surface area contributed by atoms with Crippen molar-refractivity contribution < 1.29 is 4.79 Å². The predicted octanol–water partition coefficient (Wildman–Crippen LogP) is 4.48. The molecule has 2 rings (SSSR count). The molecule has 1 N–H and O–H groups in total. The molecule has 0 radical (unpaired) electrons. The van der Waals surface area contributed by atoms with Gasteiger partial charge >= 0.3 is 0 Å². The third-order valence-electron chi connectivity index (χ3n) is 2.68. The average Bonchev–Trinajstić information content (AvgIpc) is 2.75. The Morgan fingerprint density at radius 2 is 2.15 bits per heavy atom. The van der Waals surface area contributed by atoms with E-state index in [9.17, 15) is 4.79 Å². The fourth-order valence-electron chi connectivity index (χ4n) is 1.69. The van der Waals surface area contributed by atoms with E-state index in [0.717, 1.165) is 19.4 Å². The molecule has 2 aromatic rings. The first-order valence-corrected chi connectivity index (χ1v) is 7.95. The molecule has 0 bridgehead atoms. The lowest BCUT2D eigenvalue weighted by Crippen LogP contribution is -2.21. The maximum atomic E-state index is 11.9. The second-order valence-electron chi connectivity index (χ2n) is 4.47. The Bertz CT molecular complexity index is 608. The zero-order valence-electron chi connectivity index (χ0n) is 11.1. The van der Waals surface area contributed by atoms with Crippen molar-refractivity contribution in [2.24, 2.45) is 0 Å². The molecule has 20 heavy (non-hydrogen) atoms. The molecular formula is C14H14BrClN2OS. The van der Waals surface area contributed by atoms with Gasteiger partial charge in [-0.25, -0.2) is 0 Å². The zero-order valence-corrected chi connectivity index (χ0v) is 14.3. The summed E-state index contributed by atoms with van der Waals surface area (Å²) in [5.41, 5.74) is 1.59. The van der Waals surface area contributed by atoms with Crippen molar-refractivity contribution >= 4 is 50.5 Å². The molecule has 6 heteroatoms. The molecule has 1 aromatic heterocycles. The summed E-state index contributed by atoms with van der Waals surface area (Å²) in [6.45, 7) is 0.676. The number of benzene rings is 1. The minimum absolute atomic E-state index is 0.00411. The van der Waals surface area contributed by atoms with Crippen molar-refractivity contribution in [2.75, 3.05) is 19.4 Å². The SMILES string of the molecule is CN(C)C(=O)c1cccc(NCc2cc(Br)c(Cl)s2)c1. The summed E-state index contributed by atoms with van der Waals surface area (Å²) < 4.78 is 1.66. The first-order chi connectivity index (χ1) is 9.47. The number of anilines is 1. The van der Waals surface area contributed by atoms with Crippen LogP contribution in [-0.2, 0) is 6.54 Å². The lowest BCUT2D eigenvalue weighted by atomic mass is 10.2. The van der Waals surface area contributed by atoms with E-state index in [-0.39, 0.29) is 5.91 Å². The highest BCUT2D eigenvalue weighted by atomic mass is 79.9. The van der Waals surface area contributed by atoms with Gasteiger partial charge < -0.3 is 10.2 Å². The zero-order chi connectivity index (χ0) is 14.7. The van der Waals surface area contributed by atoms with Gasteiger partial charge in [0.05, 0.1) is 0 Å². The molecule has 3 nitrogen and oxygen atoms in total. The summed E-state index contributed by atoms with van der Waals surface area (Å²) in [5.74, 6) is -0.00411. The van der Waals surface area contributed by atoms with Crippen LogP contribution in [0.2, 0.25) is 4.34 Å². The summed E-state index contributed by atoms with van der Waals surface area (Å²) in [6.07, 6.45) is 0. The van der Waals surface area contributed by atoms with E-state index in [2.05, 4.69) is 21.2 Å². The molecule has 0 spiro atoms. The van der Waals surface area contributed by atoms with Crippen LogP contribution in [0.5, 0.6) is 0 Å².